The first kappa shape index (κ1) is 18.6. The summed E-state index contributed by atoms with van der Waals surface area (Å²) in [5, 5.41) is 26.2. The van der Waals surface area contributed by atoms with E-state index < -0.39 is 11.0 Å². The minimum atomic E-state index is -0.906. The molecule has 1 heterocycles. The normalized spacial score (nSPS) is 36.9. The molecule has 0 spiro atoms. The number of phenols is 1. The van der Waals surface area contributed by atoms with Crippen molar-refractivity contribution in [2.45, 2.75) is 82.3 Å². The third-order valence-electron chi connectivity index (χ3n) is 8.05. The average Bonchev–Trinajstić information content (AvgIpc) is 3.40. The van der Waals surface area contributed by atoms with Gasteiger partial charge in [0, 0.05) is 23.8 Å². The van der Waals surface area contributed by atoms with E-state index in [9.17, 15) is 15.0 Å². The number of piperidine rings is 1. The number of rotatable bonds is 4. The smallest absolute Gasteiger partial charge is 0.137 e. The van der Waals surface area contributed by atoms with Crippen LogP contribution in [0.5, 0.6) is 5.75 Å². The van der Waals surface area contributed by atoms with Crippen LogP contribution in [0.1, 0.15) is 69.1 Å². The van der Waals surface area contributed by atoms with E-state index in [0.717, 1.165) is 43.7 Å². The zero-order valence-corrected chi connectivity index (χ0v) is 17.1. The minimum absolute atomic E-state index is 0.000918. The molecule has 28 heavy (non-hydrogen) atoms. The highest BCUT2D eigenvalue weighted by atomic mass is 16.3. The van der Waals surface area contributed by atoms with E-state index in [-0.39, 0.29) is 12.0 Å². The molecule has 1 aromatic carbocycles. The van der Waals surface area contributed by atoms with Crippen LogP contribution < -0.4 is 5.32 Å². The maximum Gasteiger partial charge on any atom is 0.137 e. The van der Waals surface area contributed by atoms with E-state index in [1.54, 1.807) is 0 Å². The first-order chi connectivity index (χ1) is 13.3. The third-order valence-corrected chi connectivity index (χ3v) is 8.05. The van der Waals surface area contributed by atoms with Gasteiger partial charge in [0.2, 0.25) is 0 Å². The quantitative estimate of drug-likeness (QED) is 0.746. The van der Waals surface area contributed by atoms with Gasteiger partial charge in [-0.2, -0.15) is 0 Å². The lowest BCUT2D eigenvalue weighted by molar-refractivity contribution is -0.160. The topological polar surface area (TPSA) is 69.6 Å². The second-order valence-electron chi connectivity index (χ2n) is 10.4. The van der Waals surface area contributed by atoms with Crippen LogP contribution in [0.15, 0.2) is 12.1 Å². The number of benzene rings is 1. The van der Waals surface area contributed by atoms with E-state index in [1.165, 1.54) is 24.0 Å². The zero-order chi connectivity index (χ0) is 19.7. The number of fused-ring (bicyclic) bond motifs is 1. The first-order valence-corrected chi connectivity index (χ1v) is 11.2. The molecule has 3 aliphatic carbocycles. The molecule has 4 nitrogen and oxygen atoms in total. The number of aromatic hydroxyl groups is 1. The molecule has 3 N–H and O–H groups in total. The lowest BCUT2D eigenvalue weighted by Gasteiger charge is -2.62. The molecule has 152 valence electrons. The van der Waals surface area contributed by atoms with Crippen LogP contribution in [0.3, 0.4) is 0 Å². The molecule has 1 saturated heterocycles. The van der Waals surface area contributed by atoms with Gasteiger partial charge in [-0.15, -0.1) is 0 Å². The van der Waals surface area contributed by atoms with Crippen molar-refractivity contribution >= 4 is 5.78 Å². The number of phenolic OH excluding ortho intramolecular Hbond substituents is 1. The first-order valence-electron chi connectivity index (χ1n) is 11.2. The van der Waals surface area contributed by atoms with Gasteiger partial charge in [0.25, 0.3) is 0 Å². The monoisotopic (exact) mass is 383 g/mol. The summed E-state index contributed by atoms with van der Waals surface area (Å²) in [5.41, 5.74) is 2.15. The Morgan fingerprint density at radius 2 is 2.07 bits per heavy atom. The number of Topliss-reactive ketones (excluding diaryl/α,β-unsaturated/α-hetero) is 1. The molecular formula is C24H33NO3. The highest BCUT2D eigenvalue weighted by molar-refractivity contribution is 5.85. The van der Waals surface area contributed by atoms with E-state index >= 15 is 0 Å². The summed E-state index contributed by atoms with van der Waals surface area (Å²) in [5.74, 6) is 1.73. The van der Waals surface area contributed by atoms with Crippen molar-refractivity contribution in [2.24, 2.45) is 17.8 Å². The average molecular weight is 384 g/mol. The van der Waals surface area contributed by atoms with Crippen LogP contribution in [0, 0.1) is 17.8 Å². The highest BCUT2D eigenvalue weighted by Crippen LogP contribution is 2.58. The van der Waals surface area contributed by atoms with E-state index in [0.29, 0.717) is 30.3 Å². The molecule has 4 atom stereocenters. The molecule has 3 fully saturated rings. The number of aliphatic hydroxyl groups is 1. The predicted molar refractivity (Wildman–Crippen MR) is 108 cm³/mol. The van der Waals surface area contributed by atoms with Crippen molar-refractivity contribution in [1.82, 2.24) is 5.32 Å². The Morgan fingerprint density at radius 3 is 2.79 bits per heavy atom. The van der Waals surface area contributed by atoms with Gasteiger partial charge in [-0.3, -0.25) is 4.79 Å². The van der Waals surface area contributed by atoms with Crippen molar-refractivity contribution in [3.05, 3.63) is 28.8 Å². The van der Waals surface area contributed by atoms with Crippen LogP contribution in [0.2, 0.25) is 0 Å². The lowest BCUT2D eigenvalue weighted by Crippen LogP contribution is -2.73. The minimum Gasteiger partial charge on any atom is -0.508 e. The number of nitrogens with one attached hydrogen (secondary N) is 1. The number of ketones is 1. The molecule has 0 amide bonds. The number of hydrogen-bond acceptors (Lipinski definition) is 4. The summed E-state index contributed by atoms with van der Waals surface area (Å²) in [6.45, 7) is 5.13. The summed E-state index contributed by atoms with van der Waals surface area (Å²) in [4.78, 5) is 13.2. The second kappa shape index (κ2) is 6.30. The number of carbonyl (C=O) groups excluding carboxylic acids is 1. The molecule has 4 aliphatic rings. The van der Waals surface area contributed by atoms with Gasteiger partial charge in [-0.1, -0.05) is 13.8 Å². The largest absolute Gasteiger partial charge is 0.508 e. The Kier molecular flexibility index (Phi) is 4.19. The van der Waals surface area contributed by atoms with Gasteiger partial charge >= 0.3 is 0 Å². The van der Waals surface area contributed by atoms with Gasteiger partial charge in [0.1, 0.15) is 11.5 Å². The fourth-order valence-corrected chi connectivity index (χ4v) is 6.58. The van der Waals surface area contributed by atoms with Crippen LogP contribution in [0.25, 0.3) is 0 Å². The maximum atomic E-state index is 13.2. The molecule has 2 saturated carbocycles. The van der Waals surface area contributed by atoms with Gasteiger partial charge in [0.05, 0.1) is 5.60 Å². The number of hydrogen-bond donors (Lipinski definition) is 3. The molecule has 2 bridgehead atoms. The molecular weight excluding hydrogens is 350 g/mol. The van der Waals surface area contributed by atoms with Gasteiger partial charge < -0.3 is 15.5 Å². The van der Waals surface area contributed by atoms with Crippen molar-refractivity contribution in [1.29, 1.82) is 0 Å². The summed E-state index contributed by atoms with van der Waals surface area (Å²) < 4.78 is 0. The van der Waals surface area contributed by atoms with Crippen molar-refractivity contribution < 1.29 is 15.0 Å². The molecule has 0 radical (unpaired) electrons. The van der Waals surface area contributed by atoms with Crippen LogP contribution in [0.4, 0.5) is 0 Å². The number of carbonyl (C=O) groups is 1. The van der Waals surface area contributed by atoms with Crippen LogP contribution >= 0.6 is 0 Å². The Morgan fingerprint density at radius 1 is 1.29 bits per heavy atom. The predicted octanol–water partition coefficient (Wildman–Crippen LogP) is 3.26. The fourth-order valence-electron chi connectivity index (χ4n) is 6.58. The molecule has 1 aliphatic heterocycles. The molecule has 1 aromatic rings. The molecule has 5 rings (SSSR count). The second-order valence-corrected chi connectivity index (χ2v) is 10.4. The van der Waals surface area contributed by atoms with Crippen molar-refractivity contribution in [3.8, 4) is 5.75 Å². The maximum absolute atomic E-state index is 13.2. The van der Waals surface area contributed by atoms with Crippen molar-refractivity contribution in [3.63, 3.8) is 0 Å². The molecule has 4 unspecified atom stereocenters. The Labute approximate surface area is 167 Å². The molecule has 0 aromatic heterocycles. The van der Waals surface area contributed by atoms with E-state index in [4.69, 9.17) is 0 Å². The van der Waals surface area contributed by atoms with Gasteiger partial charge in [-0.05, 0) is 92.1 Å². The van der Waals surface area contributed by atoms with E-state index in [1.807, 2.05) is 12.1 Å². The highest BCUT2D eigenvalue weighted by Gasteiger charge is 2.64. The zero-order valence-electron chi connectivity index (χ0n) is 17.1. The van der Waals surface area contributed by atoms with Crippen LogP contribution in [-0.2, 0) is 23.1 Å². The molecule has 4 heteroatoms. The summed E-state index contributed by atoms with van der Waals surface area (Å²) in [6, 6.07) is 3.80. The Bertz CT molecular complexity index is 814. The summed E-state index contributed by atoms with van der Waals surface area (Å²) in [7, 11) is 0. The third kappa shape index (κ3) is 2.68. The SMILES string of the molecule is CC(C)CC1CC2(O)C3Cc4c(CC5CC5)cc(O)cc4C2(CCN3)CC1=O. The summed E-state index contributed by atoms with van der Waals surface area (Å²) in [6.07, 6.45) is 6.95. The Balaban J connectivity index is 1.62. The van der Waals surface area contributed by atoms with Crippen molar-refractivity contribution in [2.75, 3.05) is 6.54 Å². The van der Waals surface area contributed by atoms with Gasteiger partial charge in [-0.25, -0.2) is 0 Å². The Hall–Kier alpha value is -1.39. The standard InChI is InChI=1S/C24H33NO3/c1-14(2)7-17-12-24(28)22-11-19-16(8-15-3-4-15)9-18(26)10-20(19)23(24,5-6-25-22)13-21(17)27/h9-10,14-15,17,22,25-26,28H,3-8,11-13H2,1-2H3. The van der Waals surface area contributed by atoms with E-state index in [2.05, 4.69) is 19.2 Å². The lowest BCUT2D eigenvalue weighted by atomic mass is 9.47. The fraction of sp³-hybridized carbons (Fsp3) is 0.708. The van der Waals surface area contributed by atoms with Crippen LogP contribution in [-0.4, -0.2) is 34.2 Å². The summed E-state index contributed by atoms with van der Waals surface area (Å²) >= 11 is 0. The van der Waals surface area contributed by atoms with Gasteiger partial charge in [0.15, 0.2) is 0 Å².